The summed E-state index contributed by atoms with van der Waals surface area (Å²) in [4.78, 5) is 6.07. The molecule has 2 atom stereocenters. The van der Waals surface area contributed by atoms with Gasteiger partial charge in [-0.1, -0.05) is 6.07 Å². The summed E-state index contributed by atoms with van der Waals surface area (Å²) in [5, 5.41) is 3.95. The second-order valence-electron chi connectivity index (χ2n) is 5.34. The molecule has 2 heterocycles. The van der Waals surface area contributed by atoms with Crippen molar-refractivity contribution in [2.75, 3.05) is 20.1 Å². The summed E-state index contributed by atoms with van der Waals surface area (Å²) in [6.07, 6.45) is 3.86. The van der Waals surface area contributed by atoms with Crippen LogP contribution < -0.4 is 5.73 Å². The summed E-state index contributed by atoms with van der Waals surface area (Å²) in [5.74, 6) is 0.209. The number of halogens is 1. The highest BCUT2D eigenvalue weighted by Crippen LogP contribution is 2.34. The lowest BCUT2D eigenvalue weighted by Crippen LogP contribution is -2.20. The second-order valence-corrected chi connectivity index (χ2v) is 5.34. The lowest BCUT2D eigenvalue weighted by molar-refractivity contribution is 0.313. The third kappa shape index (κ3) is 2.32. The number of aromatic nitrogens is 3. The van der Waals surface area contributed by atoms with E-state index in [-0.39, 0.29) is 11.9 Å². The quantitative estimate of drug-likeness (QED) is 0.919. The lowest BCUT2D eigenvalue weighted by Gasteiger charge is -2.20. The van der Waals surface area contributed by atoms with Gasteiger partial charge in [-0.2, -0.15) is 5.10 Å². The van der Waals surface area contributed by atoms with Crippen molar-refractivity contribution in [2.45, 2.75) is 12.5 Å². The van der Waals surface area contributed by atoms with Crippen molar-refractivity contribution < 1.29 is 4.39 Å². The lowest BCUT2D eigenvalue weighted by atomic mass is 9.99. The normalized spacial score (nSPS) is 23.4. The maximum Gasteiger partial charge on any atom is 0.149 e. The molecule has 1 fully saturated rings. The van der Waals surface area contributed by atoms with Gasteiger partial charge in [0.05, 0.1) is 0 Å². The van der Waals surface area contributed by atoms with Crippen LogP contribution in [0.2, 0.25) is 0 Å². The Labute approximate surface area is 117 Å². The van der Waals surface area contributed by atoms with Crippen molar-refractivity contribution in [3.8, 4) is 5.69 Å². The number of benzene rings is 1. The fourth-order valence-electron chi connectivity index (χ4n) is 2.91. The number of hydrogen-bond donors (Lipinski definition) is 1. The largest absolute Gasteiger partial charge is 0.330 e. The molecule has 5 nitrogen and oxygen atoms in total. The molecule has 6 heteroatoms. The van der Waals surface area contributed by atoms with E-state index < -0.39 is 0 Å². The number of hydrogen-bond acceptors (Lipinski definition) is 4. The van der Waals surface area contributed by atoms with Crippen molar-refractivity contribution in [1.29, 1.82) is 0 Å². The molecule has 1 aromatic carbocycles. The van der Waals surface area contributed by atoms with Crippen LogP contribution in [0.3, 0.4) is 0 Å². The Hall–Kier alpha value is -1.79. The highest BCUT2D eigenvalue weighted by molar-refractivity contribution is 5.36. The van der Waals surface area contributed by atoms with Gasteiger partial charge in [-0.3, -0.25) is 4.90 Å². The van der Waals surface area contributed by atoms with Crippen LogP contribution in [0.1, 0.15) is 18.0 Å². The third-order valence-corrected chi connectivity index (χ3v) is 3.99. The Morgan fingerprint density at radius 1 is 1.45 bits per heavy atom. The first-order valence-corrected chi connectivity index (χ1v) is 6.73. The van der Waals surface area contributed by atoms with Crippen molar-refractivity contribution in [3.63, 3.8) is 0 Å². The SMILES string of the molecule is CN1CC(CN)CC1c1ccc(-n2cncn2)c(F)c1. The average molecular weight is 275 g/mol. The standard InChI is InChI=1S/C14H18FN5/c1-19-7-10(6-16)4-14(19)11-2-3-13(12(15)5-11)20-9-17-8-18-20/h2-3,5,8-10,14H,4,6-7,16H2,1H3. The highest BCUT2D eigenvalue weighted by Gasteiger charge is 2.30. The minimum absolute atomic E-state index is 0.239. The Kier molecular flexibility index (Phi) is 3.50. The highest BCUT2D eigenvalue weighted by atomic mass is 19.1. The minimum Gasteiger partial charge on any atom is -0.330 e. The van der Waals surface area contributed by atoms with Crippen LogP contribution in [-0.4, -0.2) is 39.8 Å². The van der Waals surface area contributed by atoms with E-state index in [1.807, 2.05) is 6.07 Å². The summed E-state index contributed by atoms with van der Waals surface area (Å²) in [5.41, 5.74) is 7.14. The van der Waals surface area contributed by atoms with Gasteiger partial charge in [0.1, 0.15) is 24.2 Å². The van der Waals surface area contributed by atoms with E-state index in [1.54, 1.807) is 12.1 Å². The molecule has 1 aromatic heterocycles. The predicted octanol–water partition coefficient (Wildman–Crippen LogP) is 1.36. The molecular formula is C14H18FN5. The van der Waals surface area contributed by atoms with E-state index in [2.05, 4.69) is 22.0 Å². The van der Waals surface area contributed by atoms with Gasteiger partial charge in [0, 0.05) is 12.6 Å². The van der Waals surface area contributed by atoms with Crippen LogP contribution in [-0.2, 0) is 0 Å². The van der Waals surface area contributed by atoms with E-state index >= 15 is 0 Å². The Morgan fingerprint density at radius 2 is 2.30 bits per heavy atom. The predicted molar refractivity (Wildman–Crippen MR) is 73.8 cm³/mol. The van der Waals surface area contributed by atoms with Crippen LogP contribution in [0.5, 0.6) is 0 Å². The molecule has 20 heavy (non-hydrogen) atoms. The van der Waals surface area contributed by atoms with Crippen molar-refractivity contribution >= 4 is 0 Å². The molecule has 106 valence electrons. The van der Waals surface area contributed by atoms with Gasteiger partial charge in [-0.15, -0.1) is 0 Å². The Bertz CT molecular complexity index is 583. The minimum atomic E-state index is -0.280. The average Bonchev–Trinajstić information content (AvgIpc) is 3.07. The van der Waals surface area contributed by atoms with E-state index in [4.69, 9.17) is 5.73 Å². The number of rotatable bonds is 3. The summed E-state index contributed by atoms with van der Waals surface area (Å²) < 4.78 is 15.7. The second kappa shape index (κ2) is 5.30. The first-order valence-electron chi connectivity index (χ1n) is 6.73. The van der Waals surface area contributed by atoms with Gasteiger partial charge in [-0.05, 0) is 43.6 Å². The smallest absolute Gasteiger partial charge is 0.149 e. The van der Waals surface area contributed by atoms with Gasteiger partial charge >= 0.3 is 0 Å². The summed E-state index contributed by atoms with van der Waals surface area (Å²) in [7, 11) is 2.06. The van der Waals surface area contributed by atoms with Gasteiger partial charge in [0.2, 0.25) is 0 Å². The topological polar surface area (TPSA) is 60.0 Å². The van der Waals surface area contributed by atoms with Crippen LogP contribution in [0.15, 0.2) is 30.9 Å². The fourth-order valence-corrected chi connectivity index (χ4v) is 2.91. The summed E-state index contributed by atoms with van der Waals surface area (Å²) in [6, 6.07) is 5.54. The van der Waals surface area contributed by atoms with Gasteiger partial charge < -0.3 is 5.73 Å². The zero-order valence-corrected chi connectivity index (χ0v) is 11.4. The maximum atomic E-state index is 14.2. The Balaban J connectivity index is 1.88. The van der Waals surface area contributed by atoms with Crippen LogP contribution in [0, 0.1) is 11.7 Å². The monoisotopic (exact) mass is 275 g/mol. The van der Waals surface area contributed by atoms with Crippen molar-refractivity contribution in [1.82, 2.24) is 19.7 Å². The number of likely N-dealkylation sites (tertiary alicyclic amines) is 1. The molecule has 1 aliphatic rings. The van der Waals surface area contributed by atoms with Crippen LogP contribution >= 0.6 is 0 Å². The molecular weight excluding hydrogens is 257 g/mol. The first-order chi connectivity index (χ1) is 9.69. The molecule has 0 radical (unpaired) electrons. The van der Waals surface area contributed by atoms with Gasteiger partial charge in [0.25, 0.3) is 0 Å². The zero-order valence-electron chi connectivity index (χ0n) is 11.4. The molecule has 0 bridgehead atoms. The zero-order chi connectivity index (χ0) is 14.1. The number of nitrogens with two attached hydrogens (primary N) is 1. The van der Waals surface area contributed by atoms with E-state index in [0.717, 1.165) is 18.5 Å². The molecule has 0 saturated carbocycles. The molecule has 3 rings (SSSR count). The molecule has 2 N–H and O–H groups in total. The summed E-state index contributed by atoms with van der Waals surface area (Å²) >= 11 is 0. The fraction of sp³-hybridized carbons (Fsp3) is 0.429. The van der Waals surface area contributed by atoms with E-state index in [9.17, 15) is 4.39 Å². The molecule has 2 aromatic rings. The maximum absolute atomic E-state index is 14.2. The molecule has 0 aliphatic carbocycles. The van der Waals surface area contributed by atoms with Crippen LogP contribution in [0.4, 0.5) is 4.39 Å². The van der Waals surface area contributed by atoms with Crippen LogP contribution in [0.25, 0.3) is 5.69 Å². The van der Waals surface area contributed by atoms with Crippen molar-refractivity contribution in [3.05, 3.63) is 42.2 Å². The molecule has 0 amide bonds. The molecule has 2 unspecified atom stereocenters. The number of nitrogens with zero attached hydrogens (tertiary/aromatic N) is 4. The molecule has 1 aliphatic heterocycles. The van der Waals surface area contributed by atoms with Crippen molar-refractivity contribution in [2.24, 2.45) is 11.7 Å². The molecule has 1 saturated heterocycles. The summed E-state index contributed by atoms with van der Waals surface area (Å²) in [6.45, 7) is 1.65. The Morgan fingerprint density at radius 3 is 2.90 bits per heavy atom. The van der Waals surface area contributed by atoms with Gasteiger partial charge in [-0.25, -0.2) is 14.1 Å². The molecule has 0 spiro atoms. The first kappa shape index (κ1) is 13.2. The van der Waals surface area contributed by atoms with Gasteiger partial charge in [0.15, 0.2) is 0 Å². The van der Waals surface area contributed by atoms with E-state index in [1.165, 1.54) is 17.3 Å². The van der Waals surface area contributed by atoms with E-state index in [0.29, 0.717) is 18.2 Å². The third-order valence-electron chi connectivity index (χ3n) is 3.99.